The number of aromatic amines is 2. The van der Waals surface area contributed by atoms with Crippen LogP contribution in [0.5, 0.6) is 11.5 Å². The topological polar surface area (TPSA) is 153 Å². The van der Waals surface area contributed by atoms with Gasteiger partial charge in [-0.05, 0) is 133 Å². The molecule has 6 aromatic heterocycles. The molecule has 15 heteroatoms. The Morgan fingerprint density at radius 2 is 1.26 bits per heavy atom. The molecule has 0 saturated carbocycles. The fourth-order valence-corrected chi connectivity index (χ4v) is 10.5. The van der Waals surface area contributed by atoms with E-state index in [1.54, 1.807) is 0 Å². The number of imidazole rings is 1. The maximum Gasteiger partial charge on any atom is 0.177 e. The SMILES string of the molecule is Cc1cc2ncc(-c3ccc4c(c3)CN(c3nc(CN(C)C)nc(C)c3C(C)C)CCO4)cc2[nH]1.Cc1nc2ncc(-c3ccc4c(c3)CN(c3nc(CN(C)C)nc5c3CC(C)(C)CC5)CCO4)cc2[nH]1. The van der Waals surface area contributed by atoms with Crippen LogP contribution in [-0.4, -0.2) is 109 Å². The number of rotatable bonds is 9. The summed E-state index contributed by atoms with van der Waals surface area (Å²) in [7, 11) is 8.24. The fraction of sp³-hybridized carbons (Fsp3) is 0.421. The summed E-state index contributed by atoms with van der Waals surface area (Å²) in [5.41, 5.74) is 16.6. The zero-order valence-corrected chi connectivity index (χ0v) is 43.9. The van der Waals surface area contributed by atoms with E-state index in [-0.39, 0.29) is 5.41 Å². The first kappa shape index (κ1) is 48.6. The lowest BCUT2D eigenvalue weighted by molar-refractivity contribution is 0.308. The van der Waals surface area contributed by atoms with Crippen LogP contribution >= 0.6 is 0 Å². The van der Waals surface area contributed by atoms with Gasteiger partial charge in [0.25, 0.3) is 0 Å². The maximum absolute atomic E-state index is 6.22. The van der Waals surface area contributed by atoms with Crippen molar-refractivity contribution in [2.75, 3.05) is 64.3 Å². The molecule has 0 unspecified atom stereocenters. The van der Waals surface area contributed by atoms with Gasteiger partial charge in [-0.1, -0.05) is 39.8 Å². The first-order valence-corrected chi connectivity index (χ1v) is 25.4. The van der Waals surface area contributed by atoms with Crippen LogP contribution in [0.3, 0.4) is 0 Å². The van der Waals surface area contributed by atoms with Gasteiger partial charge in [-0.2, -0.15) is 0 Å². The monoisotopic (exact) mass is 968 g/mol. The summed E-state index contributed by atoms with van der Waals surface area (Å²) in [4.78, 5) is 49.4. The summed E-state index contributed by atoms with van der Waals surface area (Å²) >= 11 is 0. The first-order chi connectivity index (χ1) is 34.5. The van der Waals surface area contributed by atoms with E-state index in [1.165, 1.54) is 16.8 Å². The van der Waals surface area contributed by atoms with E-state index in [4.69, 9.17) is 29.4 Å². The van der Waals surface area contributed by atoms with Crippen molar-refractivity contribution in [3.05, 3.63) is 124 Å². The molecule has 0 fully saturated rings. The average molecular weight is 968 g/mol. The predicted octanol–water partition coefficient (Wildman–Crippen LogP) is 9.92. The van der Waals surface area contributed by atoms with Crippen LogP contribution < -0.4 is 19.3 Å². The third-order valence-electron chi connectivity index (χ3n) is 13.9. The van der Waals surface area contributed by atoms with Crippen LogP contribution in [-0.2, 0) is 39.0 Å². The Labute approximate surface area is 423 Å². The average Bonchev–Trinajstić information content (AvgIpc) is 3.72. The van der Waals surface area contributed by atoms with E-state index in [9.17, 15) is 0 Å². The van der Waals surface area contributed by atoms with Gasteiger partial charge < -0.3 is 39.0 Å². The quantitative estimate of drug-likeness (QED) is 0.141. The van der Waals surface area contributed by atoms with Gasteiger partial charge in [0.05, 0.1) is 42.7 Å². The van der Waals surface area contributed by atoms with Crippen molar-refractivity contribution in [2.24, 2.45) is 5.41 Å². The Balaban J connectivity index is 0.000000166. The minimum absolute atomic E-state index is 0.248. The first-order valence-electron chi connectivity index (χ1n) is 25.4. The number of ether oxygens (including phenoxy) is 2. The molecule has 2 N–H and O–H groups in total. The molecule has 3 aliphatic rings. The van der Waals surface area contributed by atoms with Crippen molar-refractivity contribution >= 4 is 33.8 Å². The summed E-state index contributed by atoms with van der Waals surface area (Å²) in [6.45, 7) is 21.0. The van der Waals surface area contributed by atoms with Crippen molar-refractivity contribution in [1.82, 2.24) is 54.7 Å². The number of nitrogens with zero attached hydrogens (tertiary/aromatic N) is 11. The number of anilines is 2. The van der Waals surface area contributed by atoms with Gasteiger partial charge in [0.15, 0.2) is 5.65 Å². The lowest BCUT2D eigenvalue weighted by Gasteiger charge is -2.34. The van der Waals surface area contributed by atoms with Gasteiger partial charge in [0, 0.05) is 75.9 Å². The molecular formula is C57H69N13O2. The van der Waals surface area contributed by atoms with E-state index in [0.29, 0.717) is 25.7 Å². The second-order valence-electron chi connectivity index (χ2n) is 21.5. The van der Waals surface area contributed by atoms with E-state index < -0.39 is 0 Å². The highest BCUT2D eigenvalue weighted by atomic mass is 16.5. The van der Waals surface area contributed by atoms with E-state index in [1.807, 2.05) is 33.4 Å². The second kappa shape index (κ2) is 19.9. The number of benzene rings is 2. The van der Waals surface area contributed by atoms with Crippen molar-refractivity contribution < 1.29 is 9.47 Å². The molecule has 2 aromatic carbocycles. The fourth-order valence-electron chi connectivity index (χ4n) is 10.5. The summed E-state index contributed by atoms with van der Waals surface area (Å²) in [5.74, 6) is 6.93. The molecule has 8 aromatic rings. The number of H-pyrrole nitrogens is 2. The van der Waals surface area contributed by atoms with Crippen molar-refractivity contribution in [2.45, 2.75) is 99.8 Å². The molecular weight excluding hydrogens is 899 g/mol. The van der Waals surface area contributed by atoms with Gasteiger partial charge in [0.2, 0.25) is 0 Å². The molecule has 1 aliphatic carbocycles. The molecule has 0 radical (unpaired) electrons. The standard InChI is InChI=1S/C29H35N7O.C28H34N6O/c1-18-31-24-13-20(15-30-27(24)32-18)19-6-7-25-21(12-19)16-36(10-11-37-25)28-22-14-29(2,3)9-8-23(22)33-26(34-28)17-35(4)5;1-17(2)27-19(4)31-26(16-33(5)6)32-28(27)34-9-10-35-25-8-7-20(12-22(25)15-34)21-13-24-23(29-14-21)11-18(3)30-24/h6-7,12-13,15H,8-11,14,16-17H2,1-5H3,(H,30,31,32);7-8,11-14,17,30H,9-10,15-16H2,1-6H3. The van der Waals surface area contributed by atoms with Gasteiger partial charge in [0.1, 0.15) is 53.8 Å². The Morgan fingerprint density at radius 3 is 1.90 bits per heavy atom. The molecule has 0 bridgehead atoms. The van der Waals surface area contributed by atoms with Gasteiger partial charge in [-0.15, -0.1) is 0 Å². The highest BCUT2D eigenvalue weighted by Crippen LogP contribution is 2.40. The number of hydrogen-bond donors (Lipinski definition) is 2. The molecule has 8 heterocycles. The third-order valence-corrected chi connectivity index (χ3v) is 13.9. The summed E-state index contributed by atoms with van der Waals surface area (Å²) in [6.07, 6.45) is 7.01. The van der Waals surface area contributed by atoms with Crippen LogP contribution in [0.15, 0.2) is 67.0 Å². The van der Waals surface area contributed by atoms with Gasteiger partial charge in [-0.25, -0.2) is 29.9 Å². The minimum Gasteiger partial charge on any atom is -0.491 e. The zero-order valence-electron chi connectivity index (χ0n) is 43.9. The summed E-state index contributed by atoms with van der Waals surface area (Å²) in [6, 6.07) is 19.2. The van der Waals surface area contributed by atoms with E-state index in [2.05, 4.69) is 155 Å². The number of aromatic nitrogens is 9. The molecule has 0 amide bonds. The lowest BCUT2D eigenvalue weighted by Crippen LogP contribution is -2.32. The van der Waals surface area contributed by atoms with Crippen molar-refractivity contribution in [1.29, 1.82) is 0 Å². The highest BCUT2D eigenvalue weighted by Gasteiger charge is 2.32. The molecule has 374 valence electrons. The Morgan fingerprint density at radius 1 is 0.667 bits per heavy atom. The van der Waals surface area contributed by atoms with E-state index in [0.717, 1.165) is 160 Å². The summed E-state index contributed by atoms with van der Waals surface area (Å²) < 4.78 is 12.4. The summed E-state index contributed by atoms with van der Waals surface area (Å²) in [5, 5.41) is 0. The Bertz CT molecular complexity index is 3280. The van der Waals surface area contributed by atoms with Crippen LogP contribution in [0.2, 0.25) is 0 Å². The number of hydrogen-bond acceptors (Lipinski definition) is 13. The number of nitrogens with one attached hydrogen (secondary N) is 2. The highest BCUT2D eigenvalue weighted by molar-refractivity contribution is 5.82. The van der Waals surface area contributed by atoms with Gasteiger partial charge in [-0.3, -0.25) is 4.98 Å². The Hall–Kier alpha value is -6.97. The smallest absolute Gasteiger partial charge is 0.177 e. The largest absolute Gasteiger partial charge is 0.491 e. The maximum atomic E-state index is 6.22. The van der Waals surface area contributed by atoms with Crippen LogP contribution in [0.1, 0.15) is 96.8 Å². The van der Waals surface area contributed by atoms with Gasteiger partial charge >= 0.3 is 0 Å². The van der Waals surface area contributed by atoms with Crippen LogP contribution in [0, 0.1) is 26.2 Å². The normalized spacial score (nSPS) is 15.4. The van der Waals surface area contributed by atoms with Crippen molar-refractivity contribution in [3.8, 4) is 33.8 Å². The number of pyridine rings is 2. The van der Waals surface area contributed by atoms with Crippen LogP contribution in [0.25, 0.3) is 44.5 Å². The minimum atomic E-state index is 0.248. The van der Waals surface area contributed by atoms with Crippen molar-refractivity contribution in [3.63, 3.8) is 0 Å². The zero-order chi connectivity index (χ0) is 50.4. The molecule has 2 aliphatic heterocycles. The molecule has 72 heavy (non-hydrogen) atoms. The number of aryl methyl sites for hydroxylation is 4. The third kappa shape index (κ3) is 10.5. The molecule has 11 rings (SSSR count). The molecule has 0 spiro atoms. The second-order valence-corrected chi connectivity index (χ2v) is 21.5. The number of fused-ring (bicyclic) bond motifs is 5. The molecule has 15 nitrogen and oxygen atoms in total. The predicted molar refractivity (Wildman–Crippen MR) is 287 cm³/mol. The lowest BCUT2D eigenvalue weighted by atomic mass is 9.76. The molecule has 0 saturated heterocycles. The molecule has 0 atom stereocenters. The van der Waals surface area contributed by atoms with E-state index >= 15 is 0 Å². The Kier molecular flexibility index (Phi) is 13.5. The van der Waals surface area contributed by atoms with Crippen LogP contribution in [0.4, 0.5) is 11.6 Å².